The zero-order valence-electron chi connectivity index (χ0n) is 14.1. The van der Waals surface area contributed by atoms with Gasteiger partial charge >= 0.3 is 5.97 Å². The lowest BCUT2D eigenvalue weighted by Gasteiger charge is -2.12. The number of esters is 1. The van der Waals surface area contributed by atoms with E-state index >= 15 is 0 Å². The summed E-state index contributed by atoms with van der Waals surface area (Å²) in [7, 11) is 0. The third-order valence-electron chi connectivity index (χ3n) is 3.17. The van der Waals surface area contributed by atoms with Gasteiger partial charge in [0.1, 0.15) is 11.4 Å². The summed E-state index contributed by atoms with van der Waals surface area (Å²) in [6, 6.07) is 2.88. The number of carbonyl (C=O) groups is 2. The van der Waals surface area contributed by atoms with E-state index in [1.165, 1.54) is 6.07 Å². The van der Waals surface area contributed by atoms with Crippen molar-refractivity contribution in [3.05, 3.63) is 27.8 Å². The number of nitrogens with zero attached hydrogens (tertiary/aromatic N) is 1. The van der Waals surface area contributed by atoms with Crippen molar-refractivity contribution in [2.75, 3.05) is 18.5 Å². The van der Waals surface area contributed by atoms with Gasteiger partial charge in [-0.1, -0.05) is 6.92 Å². The molecule has 0 radical (unpaired) electrons. The molecule has 132 valence electrons. The highest BCUT2D eigenvalue weighted by Crippen LogP contribution is 2.33. The number of nitro groups is 1. The minimum absolute atomic E-state index is 0.172. The first-order valence-corrected chi connectivity index (χ1v) is 7.76. The normalized spacial score (nSPS) is 10.1. The Morgan fingerprint density at radius 1 is 1.29 bits per heavy atom. The van der Waals surface area contributed by atoms with Crippen molar-refractivity contribution >= 4 is 23.3 Å². The van der Waals surface area contributed by atoms with Crippen LogP contribution in [-0.2, 0) is 14.3 Å². The molecular formula is C16H22N2O6. The average Bonchev–Trinajstić information content (AvgIpc) is 2.53. The Balaban J connectivity index is 2.78. The molecular weight excluding hydrogens is 316 g/mol. The maximum atomic E-state index is 11.5. The summed E-state index contributed by atoms with van der Waals surface area (Å²) >= 11 is 0. The second-order valence-electron chi connectivity index (χ2n) is 5.05. The van der Waals surface area contributed by atoms with Gasteiger partial charge in [-0.25, -0.2) is 0 Å². The predicted molar refractivity (Wildman–Crippen MR) is 88.1 cm³/mol. The van der Waals surface area contributed by atoms with Crippen molar-refractivity contribution in [1.82, 2.24) is 0 Å². The summed E-state index contributed by atoms with van der Waals surface area (Å²) in [4.78, 5) is 33.4. The Labute approximate surface area is 140 Å². The zero-order valence-corrected chi connectivity index (χ0v) is 14.1. The SMILES string of the molecule is CCOC(=O)CCCOc1cc(C)c(NC(=O)CC)c([N+](=O)[O-])c1. The summed E-state index contributed by atoms with van der Waals surface area (Å²) in [5, 5.41) is 13.8. The Hall–Kier alpha value is -2.64. The van der Waals surface area contributed by atoms with Crippen molar-refractivity contribution in [3.63, 3.8) is 0 Å². The summed E-state index contributed by atoms with van der Waals surface area (Å²) in [5.41, 5.74) is 0.481. The predicted octanol–water partition coefficient (Wildman–Crippen LogP) is 2.97. The Bertz CT molecular complexity index is 615. The van der Waals surface area contributed by atoms with Crippen LogP contribution in [0.5, 0.6) is 5.75 Å². The van der Waals surface area contributed by atoms with E-state index in [1.807, 2.05) is 0 Å². The van der Waals surface area contributed by atoms with Gasteiger partial charge in [0.2, 0.25) is 5.91 Å². The fourth-order valence-electron chi connectivity index (χ4n) is 1.99. The summed E-state index contributed by atoms with van der Waals surface area (Å²) < 4.78 is 10.3. The number of rotatable bonds is 9. The van der Waals surface area contributed by atoms with Crippen LogP contribution < -0.4 is 10.1 Å². The smallest absolute Gasteiger partial charge is 0.305 e. The Morgan fingerprint density at radius 3 is 2.58 bits per heavy atom. The van der Waals surface area contributed by atoms with E-state index in [2.05, 4.69) is 5.32 Å². The maximum absolute atomic E-state index is 11.5. The van der Waals surface area contributed by atoms with Gasteiger partial charge in [-0.2, -0.15) is 0 Å². The van der Waals surface area contributed by atoms with Gasteiger partial charge in [-0.3, -0.25) is 19.7 Å². The van der Waals surface area contributed by atoms with Crippen molar-refractivity contribution in [2.45, 2.75) is 40.0 Å². The van der Waals surface area contributed by atoms with Crippen LogP contribution in [0.3, 0.4) is 0 Å². The van der Waals surface area contributed by atoms with Crippen LogP contribution in [0.2, 0.25) is 0 Å². The van der Waals surface area contributed by atoms with Crippen molar-refractivity contribution in [1.29, 1.82) is 0 Å². The molecule has 0 aliphatic carbocycles. The first-order valence-electron chi connectivity index (χ1n) is 7.76. The number of carbonyl (C=O) groups excluding carboxylic acids is 2. The van der Waals surface area contributed by atoms with Gasteiger partial charge in [0, 0.05) is 12.8 Å². The fourth-order valence-corrected chi connectivity index (χ4v) is 1.99. The monoisotopic (exact) mass is 338 g/mol. The molecule has 0 bridgehead atoms. The number of benzene rings is 1. The minimum Gasteiger partial charge on any atom is -0.493 e. The second-order valence-corrected chi connectivity index (χ2v) is 5.05. The lowest BCUT2D eigenvalue weighted by Crippen LogP contribution is -2.12. The van der Waals surface area contributed by atoms with Crippen molar-refractivity contribution in [3.8, 4) is 5.75 Å². The Morgan fingerprint density at radius 2 is 2.00 bits per heavy atom. The van der Waals surface area contributed by atoms with Gasteiger partial charge < -0.3 is 14.8 Å². The van der Waals surface area contributed by atoms with Crippen molar-refractivity contribution < 1.29 is 24.0 Å². The van der Waals surface area contributed by atoms with Crippen LogP contribution >= 0.6 is 0 Å². The first-order chi connectivity index (χ1) is 11.4. The lowest BCUT2D eigenvalue weighted by atomic mass is 10.1. The number of nitro benzene ring substituents is 1. The van der Waals surface area contributed by atoms with Gasteiger partial charge in [0.25, 0.3) is 5.69 Å². The van der Waals surface area contributed by atoms with Gasteiger partial charge in [0.15, 0.2) is 0 Å². The molecule has 0 atom stereocenters. The summed E-state index contributed by atoms with van der Waals surface area (Å²) in [6.45, 7) is 5.61. The number of anilines is 1. The number of nitrogens with one attached hydrogen (secondary N) is 1. The molecule has 0 saturated carbocycles. The van der Waals surface area contributed by atoms with E-state index in [9.17, 15) is 19.7 Å². The molecule has 0 fully saturated rings. The van der Waals surface area contributed by atoms with E-state index < -0.39 is 4.92 Å². The quantitative estimate of drug-likeness (QED) is 0.321. The lowest BCUT2D eigenvalue weighted by molar-refractivity contribution is -0.384. The molecule has 0 spiro atoms. The molecule has 0 aliphatic rings. The van der Waals surface area contributed by atoms with Gasteiger partial charge in [0.05, 0.1) is 24.2 Å². The molecule has 0 heterocycles. The molecule has 8 heteroatoms. The highest BCUT2D eigenvalue weighted by molar-refractivity contribution is 5.94. The molecule has 1 aromatic rings. The number of ether oxygens (including phenoxy) is 2. The van der Waals surface area contributed by atoms with E-state index in [-0.39, 0.29) is 42.7 Å². The van der Waals surface area contributed by atoms with Crippen molar-refractivity contribution in [2.24, 2.45) is 0 Å². The maximum Gasteiger partial charge on any atom is 0.305 e. The fraction of sp³-hybridized carbons (Fsp3) is 0.500. The summed E-state index contributed by atoms with van der Waals surface area (Å²) in [5.74, 6) is -0.289. The highest BCUT2D eigenvalue weighted by atomic mass is 16.6. The number of hydrogen-bond donors (Lipinski definition) is 1. The third kappa shape index (κ3) is 5.86. The standard InChI is InChI=1S/C16H22N2O6/c1-4-14(19)17-16-11(3)9-12(10-13(16)18(21)22)24-8-6-7-15(20)23-5-2/h9-10H,4-8H2,1-3H3,(H,17,19). The molecule has 0 aliphatic heterocycles. The summed E-state index contributed by atoms with van der Waals surface area (Å²) in [6.07, 6.45) is 0.891. The van der Waals surface area contributed by atoms with Gasteiger partial charge in [-0.05, 0) is 31.9 Å². The molecule has 1 N–H and O–H groups in total. The average molecular weight is 338 g/mol. The van der Waals surface area contributed by atoms with Crippen LogP contribution in [0, 0.1) is 17.0 Å². The van der Waals surface area contributed by atoms with E-state index in [0.29, 0.717) is 24.3 Å². The molecule has 1 rings (SSSR count). The number of hydrogen-bond acceptors (Lipinski definition) is 6. The van der Waals surface area contributed by atoms with Crippen LogP contribution in [0.1, 0.15) is 38.7 Å². The van der Waals surface area contributed by atoms with Crippen LogP contribution in [0.15, 0.2) is 12.1 Å². The second kappa shape index (κ2) is 9.49. The number of amides is 1. The van der Waals surface area contributed by atoms with Gasteiger partial charge in [-0.15, -0.1) is 0 Å². The van der Waals surface area contributed by atoms with E-state index in [0.717, 1.165) is 0 Å². The largest absolute Gasteiger partial charge is 0.493 e. The van der Waals surface area contributed by atoms with Crippen LogP contribution in [0.25, 0.3) is 0 Å². The molecule has 1 aromatic carbocycles. The molecule has 0 aromatic heterocycles. The van der Waals surface area contributed by atoms with E-state index in [1.54, 1.807) is 26.8 Å². The molecule has 1 amide bonds. The van der Waals surface area contributed by atoms with Crippen LogP contribution in [-0.4, -0.2) is 30.0 Å². The highest BCUT2D eigenvalue weighted by Gasteiger charge is 2.20. The third-order valence-corrected chi connectivity index (χ3v) is 3.17. The number of aryl methyl sites for hydroxylation is 1. The molecule has 8 nitrogen and oxygen atoms in total. The molecule has 0 unspecified atom stereocenters. The first kappa shape index (κ1) is 19.4. The molecule has 24 heavy (non-hydrogen) atoms. The molecule has 0 saturated heterocycles. The Kier molecular flexibility index (Phi) is 7.67. The zero-order chi connectivity index (χ0) is 18.1. The minimum atomic E-state index is -0.566. The van der Waals surface area contributed by atoms with E-state index in [4.69, 9.17) is 9.47 Å². The topological polar surface area (TPSA) is 108 Å². The van der Waals surface area contributed by atoms with Crippen LogP contribution in [0.4, 0.5) is 11.4 Å².